The standard InChI is InChI=1S/C13H22N2O/c1-11(7-8-14)9-15-10-12-5-3-4-6-13(12)16-2/h3-6,11,15H,7-10,14H2,1-2H3. The van der Waals surface area contributed by atoms with Gasteiger partial charge in [-0.15, -0.1) is 0 Å². The van der Waals surface area contributed by atoms with Gasteiger partial charge in [-0.25, -0.2) is 0 Å². The lowest BCUT2D eigenvalue weighted by Crippen LogP contribution is -2.22. The van der Waals surface area contributed by atoms with Crippen LogP contribution in [0.15, 0.2) is 24.3 Å². The van der Waals surface area contributed by atoms with E-state index < -0.39 is 0 Å². The topological polar surface area (TPSA) is 47.3 Å². The maximum absolute atomic E-state index is 5.51. The van der Waals surface area contributed by atoms with Crippen LogP contribution in [0.2, 0.25) is 0 Å². The molecule has 0 spiro atoms. The van der Waals surface area contributed by atoms with E-state index in [2.05, 4.69) is 18.3 Å². The van der Waals surface area contributed by atoms with Crippen LogP contribution in [0.3, 0.4) is 0 Å². The monoisotopic (exact) mass is 222 g/mol. The van der Waals surface area contributed by atoms with Gasteiger partial charge in [-0.05, 0) is 31.5 Å². The zero-order valence-corrected chi connectivity index (χ0v) is 10.2. The largest absolute Gasteiger partial charge is 0.496 e. The lowest BCUT2D eigenvalue weighted by atomic mass is 10.1. The molecule has 1 aromatic carbocycles. The molecule has 1 aromatic rings. The molecular weight excluding hydrogens is 200 g/mol. The van der Waals surface area contributed by atoms with E-state index in [0.717, 1.165) is 31.8 Å². The highest BCUT2D eigenvalue weighted by Gasteiger charge is 2.03. The molecule has 3 heteroatoms. The molecule has 3 N–H and O–H groups in total. The maximum Gasteiger partial charge on any atom is 0.123 e. The second-order valence-electron chi connectivity index (χ2n) is 4.13. The summed E-state index contributed by atoms with van der Waals surface area (Å²) in [5.74, 6) is 1.57. The van der Waals surface area contributed by atoms with E-state index in [4.69, 9.17) is 10.5 Å². The fraction of sp³-hybridized carbons (Fsp3) is 0.538. The summed E-state index contributed by atoms with van der Waals surface area (Å²) in [6, 6.07) is 8.09. The molecular formula is C13H22N2O. The van der Waals surface area contributed by atoms with Crippen molar-refractivity contribution in [2.45, 2.75) is 19.9 Å². The van der Waals surface area contributed by atoms with Crippen LogP contribution in [0.25, 0.3) is 0 Å². The van der Waals surface area contributed by atoms with Crippen molar-refractivity contribution in [2.75, 3.05) is 20.2 Å². The molecule has 90 valence electrons. The average molecular weight is 222 g/mol. The van der Waals surface area contributed by atoms with Crippen molar-refractivity contribution in [3.05, 3.63) is 29.8 Å². The Morgan fingerprint density at radius 3 is 2.81 bits per heavy atom. The zero-order chi connectivity index (χ0) is 11.8. The average Bonchev–Trinajstić information content (AvgIpc) is 2.30. The van der Waals surface area contributed by atoms with Crippen LogP contribution in [0, 0.1) is 5.92 Å². The molecule has 0 fully saturated rings. The molecule has 0 saturated carbocycles. The molecule has 0 radical (unpaired) electrons. The number of nitrogens with one attached hydrogen (secondary N) is 1. The first kappa shape index (κ1) is 13.0. The Bertz CT molecular complexity index is 302. The van der Waals surface area contributed by atoms with Gasteiger partial charge >= 0.3 is 0 Å². The first-order valence-corrected chi connectivity index (χ1v) is 5.80. The molecule has 1 atom stereocenters. The van der Waals surface area contributed by atoms with Gasteiger partial charge in [0.05, 0.1) is 7.11 Å². The molecule has 0 bridgehead atoms. The van der Waals surface area contributed by atoms with Gasteiger partial charge in [0.1, 0.15) is 5.75 Å². The van der Waals surface area contributed by atoms with E-state index in [0.29, 0.717) is 5.92 Å². The molecule has 1 rings (SSSR count). The molecule has 0 aliphatic rings. The number of nitrogens with two attached hydrogens (primary N) is 1. The Hall–Kier alpha value is -1.06. The smallest absolute Gasteiger partial charge is 0.123 e. The summed E-state index contributed by atoms with van der Waals surface area (Å²) in [6.45, 7) is 4.81. The first-order valence-electron chi connectivity index (χ1n) is 5.80. The highest BCUT2D eigenvalue weighted by Crippen LogP contribution is 2.16. The van der Waals surface area contributed by atoms with Crippen LogP contribution in [0.1, 0.15) is 18.9 Å². The summed E-state index contributed by atoms with van der Waals surface area (Å²) >= 11 is 0. The number of rotatable bonds is 7. The normalized spacial score (nSPS) is 12.4. The number of hydrogen-bond acceptors (Lipinski definition) is 3. The molecule has 0 saturated heterocycles. The Labute approximate surface area is 98.0 Å². The quantitative estimate of drug-likeness (QED) is 0.739. The summed E-state index contributed by atoms with van der Waals surface area (Å²) in [6.07, 6.45) is 1.07. The van der Waals surface area contributed by atoms with Crippen LogP contribution >= 0.6 is 0 Å². The van der Waals surface area contributed by atoms with Gasteiger partial charge in [-0.1, -0.05) is 25.1 Å². The number of ether oxygens (including phenoxy) is 1. The van der Waals surface area contributed by atoms with Gasteiger partial charge in [0.2, 0.25) is 0 Å². The van der Waals surface area contributed by atoms with Crippen LogP contribution in [-0.2, 0) is 6.54 Å². The predicted molar refractivity (Wildman–Crippen MR) is 67.5 cm³/mol. The molecule has 0 aliphatic carbocycles. The fourth-order valence-electron chi connectivity index (χ4n) is 1.69. The SMILES string of the molecule is COc1ccccc1CNCC(C)CCN. The van der Waals surface area contributed by atoms with E-state index in [9.17, 15) is 0 Å². The molecule has 1 unspecified atom stereocenters. The Morgan fingerprint density at radius 2 is 2.12 bits per heavy atom. The Balaban J connectivity index is 2.36. The lowest BCUT2D eigenvalue weighted by molar-refractivity contribution is 0.405. The maximum atomic E-state index is 5.51. The fourth-order valence-corrected chi connectivity index (χ4v) is 1.69. The summed E-state index contributed by atoms with van der Waals surface area (Å²) in [4.78, 5) is 0. The van der Waals surface area contributed by atoms with Gasteiger partial charge in [-0.3, -0.25) is 0 Å². The Kier molecular flexibility index (Phi) is 5.90. The number of para-hydroxylation sites is 1. The molecule has 0 aliphatic heterocycles. The minimum absolute atomic E-state index is 0.625. The van der Waals surface area contributed by atoms with E-state index in [1.54, 1.807) is 7.11 Å². The molecule has 0 heterocycles. The van der Waals surface area contributed by atoms with Crippen LogP contribution in [0.4, 0.5) is 0 Å². The van der Waals surface area contributed by atoms with E-state index in [1.807, 2.05) is 18.2 Å². The third-order valence-electron chi connectivity index (χ3n) is 2.66. The van der Waals surface area contributed by atoms with Crippen molar-refractivity contribution in [3.8, 4) is 5.75 Å². The van der Waals surface area contributed by atoms with E-state index in [-0.39, 0.29) is 0 Å². The zero-order valence-electron chi connectivity index (χ0n) is 10.2. The van der Waals surface area contributed by atoms with Crippen molar-refractivity contribution in [1.82, 2.24) is 5.32 Å². The highest BCUT2D eigenvalue weighted by molar-refractivity contribution is 5.32. The van der Waals surface area contributed by atoms with Crippen molar-refractivity contribution in [3.63, 3.8) is 0 Å². The van der Waals surface area contributed by atoms with E-state index in [1.165, 1.54) is 5.56 Å². The third-order valence-corrected chi connectivity index (χ3v) is 2.66. The number of methoxy groups -OCH3 is 1. The molecule has 16 heavy (non-hydrogen) atoms. The summed E-state index contributed by atoms with van der Waals surface area (Å²) in [7, 11) is 1.70. The van der Waals surface area contributed by atoms with Gasteiger partial charge in [0.15, 0.2) is 0 Å². The summed E-state index contributed by atoms with van der Waals surface area (Å²) in [5, 5.41) is 3.43. The second-order valence-corrected chi connectivity index (χ2v) is 4.13. The van der Waals surface area contributed by atoms with Crippen molar-refractivity contribution in [1.29, 1.82) is 0 Å². The van der Waals surface area contributed by atoms with Gasteiger partial charge in [0, 0.05) is 12.1 Å². The van der Waals surface area contributed by atoms with Crippen molar-refractivity contribution in [2.24, 2.45) is 11.7 Å². The number of benzene rings is 1. The third kappa shape index (κ3) is 4.21. The summed E-state index contributed by atoms with van der Waals surface area (Å²) in [5.41, 5.74) is 6.71. The minimum atomic E-state index is 0.625. The molecule has 3 nitrogen and oxygen atoms in total. The van der Waals surface area contributed by atoms with Crippen molar-refractivity contribution < 1.29 is 4.74 Å². The van der Waals surface area contributed by atoms with Gasteiger partial charge < -0.3 is 15.8 Å². The van der Waals surface area contributed by atoms with Crippen LogP contribution in [0.5, 0.6) is 5.75 Å². The second kappa shape index (κ2) is 7.25. The lowest BCUT2D eigenvalue weighted by Gasteiger charge is -2.13. The highest BCUT2D eigenvalue weighted by atomic mass is 16.5. The molecule has 0 amide bonds. The van der Waals surface area contributed by atoms with Crippen LogP contribution in [-0.4, -0.2) is 20.2 Å². The number of hydrogen-bond donors (Lipinski definition) is 2. The van der Waals surface area contributed by atoms with Gasteiger partial charge in [-0.2, -0.15) is 0 Å². The minimum Gasteiger partial charge on any atom is -0.496 e. The first-order chi connectivity index (χ1) is 7.77. The predicted octanol–water partition coefficient (Wildman–Crippen LogP) is 1.77. The van der Waals surface area contributed by atoms with Crippen LogP contribution < -0.4 is 15.8 Å². The molecule has 0 aromatic heterocycles. The Morgan fingerprint density at radius 1 is 1.38 bits per heavy atom. The van der Waals surface area contributed by atoms with E-state index >= 15 is 0 Å². The van der Waals surface area contributed by atoms with Crippen molar-refractivity contribution >= 4 is 0 Å². The summed E-state index contributed by atoms with van der Waals surface area (Å²) < 4.78 is 5.29. The van der Waals surface area contributed by atoms with Gasteiger partial charge in [0.25, 0.3) is 0 Å².